The first kappa shape index (κ1) is 45.8. The summed E-state index contributed by atoms with van der Waals surface area (Å²) in [5, 5.41) is 20.1. The molecule has 0 aromatic heterocycles. The van der Waals surface area contributed by atoms with Crippen molar-refractivity contribution in [1.82, 2.24) is 0 Å². The third-order valence-electron chi connectivity index (χ3n) is 9.10. The molecule has 2 atom stereocenters. The van der Waals surface area contributed by atoms with Gasteiger partial charge in [-0.25, -0.2) is 0 Å². The molecular weight excluding hydrogens is 592 g/mol. The van der Waals surface area contributed by atoms with E-state index in [0.717, 1.165) is 89.9 Å². The summed E-state index contributed by atoms with van der Waals surface area (Å²) in [7, 11) is 0. The number of aliphatic hydroxyl groups is 2. The molecule has 0 saturated heterocycles. The maximum Gasteiger partial charge on any atom is 0.305 e. The summed E-state index contributed by atoms with van der Waals surface area (Å²) in [6.07, 6.45) is 32.5. The second kappa shape index (κ2) is 37.6. The zero-order valence-electron chi connectivity index (χ0n) is 31.1. The van der Waals surface area contributed by atoms with E-state index < -0.39 is 0 Å². The molecule has 0 aliphatic heterocycles. The van der Waals surface area contributed by atoms with Crippen LogP contribution in [0.2, 0.25) is 0 Å². The average Bonchev–Trinajstić information content (AvgIpc) is 3.06. The fraction of sp³-hybridized carbons (Fsp3) is 0.950. The van der Waals surface area contributed by atoms with Crippen molar-refractivity contribution >= 4 is 11.9 Å². The standard InChI is InChI=1S/C40H78O7/c1-3-5-7-21-27-37(41)29-23-17-13-9-11-15-19-25-31-39(43)46-35-33-45-34-36-47-40(44)32-26-20-16-12-10-14-18-24-30-38(42)28-22-8-6-4-2/h37-38,41-42H,3-36H2,1-2H3. The monoisotopic (exact) mass is 671 g/mol. The van der Waals surface area contributed by atoms with Crippen LogP contribution >= 0.6 is 0 Å². The molecule has 280 valence electrons. The van der Waals surface area contributed by atoms with Crippen LogP contribution < -0.4 is 0 Å². The van der Waals surface area contributed by atoms with Crippen LogP contribution in [0.3, 0.4) is 0 Å². The number of hydrogen-bond acceptors (Lipinski definition) is 7. The van der Waals surface area contributed by atoms with Gasteiger partial charge in [0, 0.05) is 12.8 Å². The van der Waals surface area contributed by atoms with Gasteiger partial charge in [0.25, 0.3) is 0 Å². The molecule has 2 N–H and O–H groups in total. The van der Waals surface area contributed by atoms with Crippen molar-refractivity contribution in [1.29, 1.82) is 0 Å². The highest BCUT2D eigenvalue weighted by Gasteiger charge is 2.07. The number of unbranched alkanes of at least 4 members (excludes halogenated alkanes) is 20. The molecule has 0 aromatic carbocycles. The molecule has 7 nitrogen and oxygen atoms in total. The number of esters is 2. The van der Waals surface area contributed by atoms with Crippen LogP contribution in [0.25, 0.3) is 0 Å². The van der Waals surface area contributed by atoms with E-state index in [9.17, 15) is 19.8 Å². The van der Waals surface area contributed by atoms with Gasteiger partial charge in [0.2, 0.25) is 0 Å². The Bertz CT molecular complexity index is 602. The Kier molecular flexibility index (Phi) is 36.7. The van der Waals surface area contributed by atoms with E-state index in [4.69, 9.17) is 14.2 Å². The molecule has 0 bridgehead atoms. The normalized spacial score (nSPS) is 12.7. The Morgan fingerprint density at radius 1 is 0.404 bits per heavy atom. The van der Waals surface area contributed by atoms with Crippen LogP contribution in [-0.2, 0) is 23.8 Å². The summed E-state index contributed by atoms with van der Waals surface area (Å²) >= 11 is 0. The second-order valence-electron chi connectivity index (χ2n) is 13.8. The molecule has 0 heterocycles. The smallest absolute Gasteiger partial charge is 0.305 e. The summed E-state index contributed by atoms with van der Waals surface area (Å²) < 4.78 is 15.9. The molecule has 7 heteroatoms. The zero-order chi connectivity index (χ0) is 34.5. The van der Waals surface area contributed by atoms with Crippen LogP contribution in [0.4, 0.5) is 0 Å². The molecule has 0 saturated carbocycles. The summed E-state index contributed by atoms with van der Waals surface area (Å²) in [6, 6.07) is 0. The van der Waals surface area contributed by atoms with Crippen molar-refractivity contribution in [2.75, 3.05) is 26.4 Å². The Labute approximate surface area is 290 Å². The van der Waals surface area contributed by atoms with E-state index in [2.05, 4.69) is 13.8 Å². The van der Waals surface area contributed by atoms with E-state index in [-0.39, 0.29) is 37.4 Å². The van der Waals surface area contributed by atoms with Gasteiger partial charge in [0.15, 0.2) is 0 Å². The molecule has 0 aromatic rings. The minimum absolute atomic E-state index is 0.110. The lowest BCUT2D eigenvalue weighted by atomic mass is 10.0. The largest absolute Gasteiger partial charge is 0.463 e. The summed E-state index contributed by atoms with van der Waals surface area (Å²) in [6.45, 7) is 5.54. The molecule has 47 heavy (non-hydrogen) atoms. The lowest BCUT2D eigenvalue weighted by molar-refractivity contribution is -0.146. The topological polar surface area (TPSA) is 102 Å². The average molecular weight is 671 g/mol. The number of rotatable bonds is 38. The first-order valence-corrected chi connectivity index (χ1v) is 20.2. The summed E-state index contributed by atoms with van der Waals surface area (Å²) in [5.41, 5.74) is 0. The van der Waals surface area contributed by atoms with E-state index in [1.807, 2.05) is 0 Å². The first-order chi connectivity index (χ1) is 23.0. The van der Waals surface area contributed by atoms with E-state index in [0.29, 0.717) is 26.1 Å². The third kappa shape index (κ3) is 37.5. The van der Waals surface area contributed by atoms with Crippen molar-refractivity contribution < 1.29 is 34.0 Å². The summed E-state index contributed by atoms with van der Waals surface area (Å²) in [5.74, 6) is -0.340. The van der Waals surface area contributed by atoms with Gasteiger partial charge in [0.1, 0.15) is 13.2 Å². The van der Waals surface area contributed by atoms with Gasteiger partial charge in [-0.15, -0.1) is 0 Å². The molecule has 0 radical (unpaired) electrons. The fourth-order valence-corrected chi connectivity index (χ4v) is 6.00. The van der Waals surface area contributed by atoms with E-state index in [1.165, 1.54) is 89.9 Å². The van der Waals surface area contributed by atoms with Gasteiger partial charge in [0.05, 0.1) is 25.4 Å². The van der Waals surface area contributed by atoms with Crippen LogP contribution in [0.15, 0.2) is 0 Å². The van der Waals surface area contributed by atoms with E-state index in [1.54, 1.807) is 0 Å². The van der Waals surface area contributed by atoms with Crippen molar-refractivity contribution in [2.24, 2.45) is 0 Å². The van der Waals surface area contributed by atoms with Crippen LogP contribution in [0.1, 0.15) is 206 Å². The number of hydrogen-bond donors (Lipinski definition) is 2. The molecule has 0 aliphatic rings. The van der Waals surface area contributed by atoms with Gasteiger partial charge in [-0.1, -0.05) is 155 Å². The Morgan fingerprint density at radius 2 is 0.681 bits per heavy atom. The van der Waals surface area contributed by atoms with Gasteiger partial charge in [-0.2, -0.15) is 0 Å². The van der Waals surface area contributed by atoms with E-state index >= 15 is 0 Å². The Morgan fingerprint density at radius 3 is 1.00 bits per heavy atom. The predicted molar refractivity (Wildman–Crippen MR) is 195 cm³/mol. The minimum Gasteiger partial charge on any atom is -0.463 e. The van der Waals surface area contributed by atoms with Crippen LogP contribution in [-0.4, -0.2) is 60.8 Å². The van der Waals surface area contributed by atoms with Crippen LogP contribution in [0, 0.1) is 0 Å². The maximum atomic E-state index is 11.9. The van der Waals surface area contributed by atoms with Gasteiger partial charge < -0.3 is 24.4 Å². The maximum absolute atomic E-state index is 11.9. The molecule has 2 unspecified atom stereocenters. The Hall–Kier alpha value is -1.18. The van der Waals surface area contributed by atoms with Crippen LogP contribution in [0.5, 0.6) is 0 Å². The second-order valence-corrected chi connectivity index (χ2v) is 13.8. The van der Waals surface area contributed by atoms with Crippen molar-refractivity contribution in [3.05, 3.63) is 0 Å². The lowest BCUT2D eigenvalue weighted by Crippen LogP contribution is -2.14. The predicted octanol–water partition coefficient (Wildman–Crippen LogP) is 10.6. The van der Waals surface area contributed by atoms with Crippen molar-refractivity contribution in [2.45, 2.75) is 219 Å². The Balaban J connectivity index is 3.33. The third-order valence-corrected chi connectivity index (χ3v) is 9.10. The van der Waals surface area contributed by atoms with Gasteiger partial charge in [-0.05, 0) is 38.5 Å². The quantitative estimate of drug-likeness (QED) is 0.0498. The highest BCUT2D eigenvalue weighted by Crippen LogP contribution is 2.16. The molecule has 0 fully saturated rings. The first-order valence-electron chi connectivity index (χ1n) is 20.2. The highest BCUT2D eigenvalue weighted by molar-refractivity contribution is 5.69. The van der Waals surface area contributed by atoms with Gasteiger partial charge in [-0.3, -0.25) is 9.59 Å². The molecule has 0 rings (SSSR count). The number of carbonyl (C=O) groups excluding carboxylic acids is 2. The molecule has 0 spiro atoms. The molecular formula is C40H78O7. The minimum atomic E-state index is -0.170. The number of aliphatic hydroxyl groups excluding tert-OH is 2. The zero-order valence-corrected chi connectivity index (χ0v) is 31.1. The number of carbonyl (C=O) groups is 2. The molecule has 0 aliphatic carbocycles. The van der Waals surface area contributed by atoms with Crippen molar-refractivity contribution in [3.8, 4) is 0 Å². The van der Waals surface area contributed by atoms with Gasteiger partial charge >= 0.3 is 11.9 Å². The molecule has 0 amide bonds. The summed E-state index contributed by atoms with van der Waals surface area (Å²) in [4.78, 5) is 23.8. The van der Waals surface area contributed by atoms with Crippen molar-refractivity contribution in [3.63, 3.8) is 0 Å². The highest BCUT2D eigenvalue weighted by atomic mass is 16.6. The lowest BCUT2D eigenvalue weighted by Gasteiger charge is -2.10. The fourth-order valence-electron chi connectivity index (χ4n) is 6.00. The SMILES string of the molecule is CCCCCCC(O)CCCCCCCCCCC(=O)OCCOCCOC(=O)CCCCCCCCCCC(O)CCCCCC. The number of ether oxygens (including phenoxy) is 3.